The van der Waals surface area contributed by atoms with Gasteiger partial charge in [0, 0.05) is 50.4 Å². The Morgan fingerprint density at radius 3 is 1.47 bits per heavy atom. The van der Waals surface area contributed by atoms with Crippen LogP contribution in [0.25, 0.3) is 12.2 Å². The molecule has 0 saturated carbocycles. The van der Waals surface area contributed by atoms with Crippen molar-refractivity contribution in [3.05, 3.63) is 58.7 Å². The fourth-order valence-electron chi connectivity index (χ4n) is 3.86. The highest BCUT2D eigenvalue weighted by Gasteiger charge is 2.14. The fraction of sp³-hybridized carbons (Fsp3) is 0.417. The predicted molar refractivity (Wildman–Crippen MR) is 117 cm³/mol. The third-order valence-electron chi connectivity index (χ3n) is 5.67. The van der Waals surface area contributed by atoms with Gasteiger partial charge in [0.1, 0.15) is 11.5 Å². The Kier molecular flexibility index (Phi) is 7.02. The van der Waals surface area contributed by atoms with Gasteiger partial charge in [0.2, 0.25) is 0 Å². The van der Waals surface area contributed by atoms with E-state index in [0.717, 1.165) is 87.9 Å². The van der Waals surface area contributed by atoms with E-state index < -0.39 is 0 Å². The molecule has 0 atom stereocenters. The van der Waals surface area contributed by atoms with Crippen LogP contribution in [0.2, 0.25) is 0 Å². The minimum absolute atomic E-state index is 0.330. The van der Waals surface area contributed by atoms with Crippen LogP contribution < -0.4 is 0 Å². The summed E-state index contributed by atoms with van der Waals surface area (Å²) in [6.45, 7) is 7.97. The summed E-state index contributed by atoms with van der Waals surface area (Å²) < 4.78 is 10.8. The molecule has 0 unspecified atom stereocenters. The molecule has 0 spiro atoms. The van der Waals surface area contributed by atoms with Gasteiger partial charge in [-0.05, 0) is 35.4 Å². The Bertz CT molecular complexity index is 800. The molecule has 0 aromatic heterocycles. The number of rotatable bonds is 6. The fourth-order valence-corrected chi connectivity index (χ4v) is 3.86. The van der Waals surface area contributed by atoms with Gasteiger partial charge in [0.05, 0.1) is 26.4 Å². The lowest BCUT2D eigenvalue weighted by molar-refractivity contribution is 0.0338. The van der Waals surface area contributed by atoms with Gasteiger partial charge in [-0.2, -0.15) is 0 Å². The van der Waals surface area contributed by atoms with Gasteiger partial charge >= 0.3 is 0 Å². The van der Waals surface area contributed by atoms with Crippen LogP contribution in [-0.4, -0.2) is 72.6 Å². The standard InChI is InChI=1S/C24H30N2O4/c27-23-5-3-19(15-21(23)17-25-7-11-29-12-8-25)1-2-20-4-6-24(28)22(16-20)18-26-9-13-30-14-10-26/h1-6,15-16,27-28H,7-14,17-18H2. The van der Waals surface area contributed by atoms with E-state index in [1.807, 2.05) is 36.4 Å². The predicted octanol–water partition coefficient (Wildman–Crippen LogP) is 2.93. The third kappa shape index (κ3) is 5.61. The molecular weight excluding hydrogens is 380 g/mol. The molecule has 2 aliphatic heterocycles. The van der Waals surface area contributed by atoms with Crippen LogP contribution in [0.1, 0.15) is 22.3 Å². The van der Waals surface area contributed by atoms with Crippen molar-refractivity contribution in [3.63, 3.8) is 0 Å². The molecule has 2 N–H and O–H groups in total. The quantitative estimate of drug-likeness (QED) is 0.714. The Morgan fingerprint density at radius 1 is 0.667 bits per heavy atom. The summed E-state index contributed by atoms with van der Waals surface area (Å²) >= 11 is 0. The maximum atomic E-state index is 10.3. The van der Waals surface area contributed by atoms with Gasteiger partial charge < -0.3 is 19.7 Å². The lowest BCUT2D eigenvalue weighted by Gasteiger charge is -2.27. The summed E-state index contributed by atoms with van der Waals surface area (Å²) in [6, 6.07) is 11.4. The first-order chi connectivity index (χ1) is 14.7. The molecular formula is C24H30N2O4. The van der Waals surface area contributed by atoms with Crippen molar-refractivity contribution < 1.29 is 19.7 Å². The van der Waals surface area contributed by atoms with Crippen LogP contribution in [0, 0.1) is 0 Å². The third-order valence-corrected chi connectivity index (χ3v) is 5.67. The van der Waals surface area contributed by atoms with Crippen molar-refractivity contribution in [2.45, 2.75) is 13.1 Å². The first-order valence-electron chi connectivity index (χ1n) is 10.6. The zero-order chi connectivity index (χ0) is 20.8. The summed E-state index contributed by atoms with van der Waals surface area (Å²) in [7, 11) is 0. The highest BCUT2D eigenvalue weighted by molar-refractivity contribution is 5.71. The zero-order valence-electron chi connectivity index (χ0n) is 17.3. The summed E-state index contributed by atoms with van der Waals surface area (Å²) in [4.78, 5) is 4.59. The van der Waals surface area contributed by atoms with Crippen molar-refractivity contribution >= 4 is 12.2 Å². The molecule has 0 aliphatic carbocycles. The number of aromatic hydroxyl groups is 2. The number of benzene rings is 2. The van der Waals surface area contributed by atoms with Crippen LogP contribution in [0.3, 0.4) is 0 Å². The molecule has 4 rings (SSSR count). The van der Waals surface area contributed by atoms with E-state index in [0.29, 0.717) is 11.5 Å². The van der Waals surface area contributed by atoms with Gasteiger partial charge in [0.25, 0.3) is 0 Å². The molecule has 160 valence electrons. The molecule has 2 aliphatic rings. The smallest absolute Gasteiger partial charge is 0.120 e. The van der Waals surface area contributed by atoms with Gasteiger partial charge in [-0.1, -0.05) is 24.3 Å². The molecule has 2 saturated heterocycles. The monoisotopic (exact) mass is 410 g/mol. The van der Waals surface area contributed by atoms with Crippen LogP contribution in [0.15, 0.2) is 36.4 Å². The minimum Gasteiger partial charge on any atom is -0.508 e. The molecule has 0 amide bonds. The summed E-state index contributed by atoms with van der Waals surface area (Å²) in [5, 5.41) is 20.5. The van der Waals surface area contributed by atoms with Crippen molar-refractivity contribution in [1.29, 1.82) is 0 Å². The van der Waals surface area contributed by atoms with E-state index in [9.17, 15) is 10.2 Å². The summed E-state index contributed by atoms with van der Waals surface area (Å²) in [6.07, 6.45) is 4.10. The minimum atomic E-state index is 0.330. The molecule has 30 heavy (non-hydrogen) atoms. The largest absolute Gasteiger partial charge is 0.508 e. The molecule has 2 heterocycles. The molecule has 0 bridgehead atoms. The normalized spacial score (nSPS) is 18.8. The Hall–Kier alpha value is -2.38. The molecule has 2 aromatic rings. The van der Waals surface area contributed by atoms with E-state index >= 15 is 0 Å². The highest BCUT2D eigenvalue weighted by atomic mass is 16.5. The Morgan fingerprint density at radius 2 is 1.07 bits per heavy atom. The Labute approximate surface area is 178 Å². The van der Waals surface area contributed by atoms with E-state index in [4.69, 9.17) is 9.47 Å². The van der Waals surface area contributed by atoms with Crippen LogP contribution in [0.4, 0.5) is 0 Å². The molecule has 0 radical (unpaired) electrons. The molecule has 2 aromatic carbocycles. The number of phenols is 2. The number of morpholine rings is 2. The van der Waals surface area contributed by atoms with Crippen molar-refractivity contribution in [2.24, 2.45) is 0 Å². The number of nitrogens with zero attached hydrogens (tertiary/aromatic N) is 2. The number of phenolic OH excluding ortho intramolecular Hbond substituents is 2. The maximum absolute atomic E-state index is 10.3. The van der Waals surface area contributed by atoms with Gasteiger partial charge in [-0.3, -0.25) is 9.80 Å². The van der Waals surface area contributed by atoms with E-state index in [1.165, 1.54) is 0 Å². The second-order valence-electron chi connectivity index (χ2n) is 7.89. The van der Waals surface area contributed by atoms with Crippen LogP contribution >= 0.6 is 0 Å². The molecule has 6 heteroatoms. The molecule has 2 fully saturated rings. The number of hydrogen-bond acceptors (Lipinski definition) is 6. The average Bonchev–Trinajstić information content (AvgIpc) is 2.78. The topological polar surface area (TPSA) is 65.4 Å². The van der Waals surface area contributed by atoms with Crippen LogP contribution in [-0.2, 0) is 22.6 Å². The second-order valence-corrected chi connectivity index (χ2v) is 7.89. The van der Waals surface area contributed by atoms with Crippen molar-refractivity contribution in [3.8, 4) is 11.5 Å². The molecule has 6 nitrogen and oxygen atoms in total. The lowest BCUT2D eigenvalue weighted by Crippen LogP contribution is -2.35. The van der Waals surface area contributed by atoms with Gasteiger partial charge in [-0.15, -0.1) is 0 Å². The zero-order valence-corrected chi connectivity index (χ0v) is 17.3. The number of ether oxygens (including phenoxy) is 2. The van der Waals surface area contributed by atoms with E-state index in [1.54, 1.807) is 12.1 Å². The maximum Gasteiger partial charge on any atom is 0.120 e. The van der Waals surface area contributed by atoms with Gasteiger partial charge in [0.15, 0.2) is 0 Å². The van der Waals surface area contributed by atoms with E-state index in [-0.39, 0.29) is 0 Å². The summed E-state index contributed by atoms with van der Waals surface area (Å²) in [5.74, 6) is 0.659. The van der Waals surface area contributed by atoms with Gasteiger partial charge in [-0.25, -0.2) is 0 Å². The Balaban J connectivity index is 1.45. The highest BCUT2D eigenvalue weighted by Crippen LogP contribution is 2.24. The average molecular weight is 411 g/mol. The SMILES string of the molecule is Oc1ccc(C=Cc2ccc(O)c(CN3CCOCC3)c2)cc1CN1CCOCC1. The first-order valence-corrected chi connectivity index (χ1v) is 10.6. The summed E-state index contributed by atoms with van der Waals surface area (Å²) in [5.41, 5.74) is 3.94. The lowest BCUT2D eigenvalue weighted by atomic mass is 10.1. The van der Waals surface area contributed by atoms with Crippen LogP contribution in [0.5, 0.6) is 11.5 Å². The second kappa shape index (κ2) is 10.1. The van der Waals surface area contributed by atoms with Crippen molar-refractivity contribution in [2.75, 3.05) is 52.6 Å². The van der Waals surface area contributed by atoms with Crippen molar-refractivity contribution in [1.82, 2.24) is 9.80 Å². The number of hydrogen-bond donors (Lipinski definition) is 2. The first kappa shape index (κ1) is 20.9. The van der Waals surface area contributed by atoms with E-state index in [2.05, 4.69) is 9.80 Å².